The molecule has 0 amide bonds. The molecule has 9 heteroatoms. The molecule has 0 aromatic carbocycles. The maximum atomic E-state index is 13.4. The minimum atomic E-state index is -1.84. The predicted octanol–water partition coefficient (Wildman–Crippen LogP) is 1.01. The average Bonchev–Trinajstić information content (AvgIpc) is 3.24. The molecular weight excluding hydrogens is 492 g/mol. The van der Waals surface area contributed by atoms with E-state index in [0.717, 1.165) is 0 Å². The molecule has 0 radical (unpaired) electrons. The SMILES string of the molecule is C[C@@H]1C(=O)O[C@H](C)[C@H]1C[C@@H](O)[C@](C)(O)[C@H]1CC[C@@]2(O)C3=CC(=O)[C@]4(O)C[C@@H](O)[C@@H](O)C[C@]4(C)[C@H]3CC[C@]12C. The van der Waals surface area contributed by atoms with Crippen LogP contribution in [0.4, 0.5) is 0 Å². The molecule has 5 aliphatic rings. The fraction of sp³-hybridized carbons (Fsp3) is 0.862. The first-order chi connectivity index (χ1) is 17.4. The van der Waals surface area contributed by atoms with Gasteiger partial charge in [0, 0.05) is 23.2 Å². The van der Waals surface area contributed by atoms with Gasteiger partial charge in [-0.2, -0.15) is 0 Å². The molecule has 9 nitrogen and oxygen atoms in total. The number of hydrogen-bond acceptors (Lipinski definition) is 9. The largest absolute Gasteiger partial charge is 0.462 e. The van der Waals surface area contributed by atoms with E-state index in [4.69, 9.17) is 4.74 Å². The average molecular weight is 537 g/mol. The number of ether oxygens (including phenoxy) is 1. The lowest BCUT2D eigenvalue weighted by Crippen LogP contribution is -2.69. The molecule has 3 saturated carbocycles. The maximum absolute atomic E-state index is 13.4. The van der Waals surface area contributed by atoms with Crippen LogP contribution in [-0.2, 0) is 14.3 Å². The van der Waals surface area contributed by atoms with Gasteiger partial charge in [0.05, 0.1) is 35.4 Å². The van der Waals surface area contributed by atoms with Crippen molar-refractivity contribution in [1.29, 1.82) is 0 Å². The van der Waals surface area contributed by atoms with Gasteiger partial charge in [0.25, 0.3) is 0 Å². The molecule has 0 aromatic heterocycles. The number of esters is 1. The van der Waals surface area contributed by atoms with E-state index < -0.39 is 57.6 Å². The van der Waals surface area contributed by atoms with Crippen molar-refractivity contribution in [1.82, 2.24) is 0 Å². The van der Waals surface area contributed by atoms with E-state index in [9.17, 15) is 40.2 Å². The molecule has 38 heavy (non-hydrogen) atoms. The molecule has 1 aliphatic heterocycles. The smallest absolute Gasteiger partial charge is 0.309 e. The Bertz CT molecular complexity index is 1050. The van der Waals surface area contributed by atoms with E-state index in [-0.39, 0.29) is 55.5 Å². The molecule has 214 valence electrons. The first-order valence-electron chi connectivity index (χ1n) is 14.1. The lowest BCUT2D eigenvalue weighted by atomic mass is 9.44. The van der Waals surface area contributed by atoms with Crippen LogP contribution in [0, 0.1) is 34.5 Å². The second-order valence-corrected chi connectivity index (χ2v) is 13.8. The third-order valence-corrected chi connectivity index (χ3v) is 12.1. The van der Waals surface area contributed by atoms with Crippen LogP contribution in [0.2, 0.25) is 0 Å². The normalized spacial score (nSPS) is 52.8. The fourth-order valence-electron chi connectivity index (χ4n) is 9.38. The summed E-state index contributed by atoms with van der Waals surface area (Å²) in [6.45, 7) is 8.83. The number of carbonyl (C=O) groups is 2. The number of hydrogen-bond donors (Lipinski definition) is 6. The monoisotopic (exact) mass is 536 g/mol. The maximum Gasteiger partial charge on any atom is 0.309 e. The first kappa shape index (κ1) is 28.2. The zero-order valence-corrected chi connectivity index (χ0v) is 23.1. The Balaban J connectivity index is 1.47. The van der Waals surface area contributed by atoms with Crippen LogP contribution in [0.25, 0.3) is 0 Å². The number of aliphatic hydroxyl groups excluding tert-OH is 3. The minimum Gasteiger partial charge on any atom is -0.462 e. The third-order valence-electron chi connectivity index (χ3n) is 12.1. The summed E-state index contributed by atoms with van der Waals surface area (Å²) < 4.78 is 5.33. The van der Waals surface area contributed by atoms with Gasteiger partial charge < -0.3 is 35.4 Å². The number of aliphatic hydroxyl groups is 6. The lowest BCUT2D eigenvalue weighted by Gasteiger charge is -2.62. The molecule has 4 aliphatic carbocycles. The Morgan fingerprint density at radius 2 is 1.66 bits per heavy atom. The van der Waals surface area contributed by atoms with Crippen LogP contribution in [0.3, 0.4) is 0 Å². The van der Waals surface area contributed by atoms with Gasteiger partial charge in [-0.1, -0.05) is 20.8 Å². The molecule has 13 atom stereocenters. The number of ketones is 1. The summed E-state index contributed by atoms with van der Waals surface area (Å²) in [5, 5.41) is 67.8. The zero-order chi connectivity index (χ0) is 28.2. The van der Waals surface area contributed by atoms with E-state index in [0.29, 0.717) is 24.8 Å². The van der Waals surface area contributed by atoms with Gasteiger partial charge in [-0.25, -0.2) is 0 Å². The van der Waals surface area contributed by atoms with Gasteiger partial charge in [0.1, 0.15) is 11.7 Å². The number of carbonyl (C=O) groups excluding carboxylic acids is 2. The van der Waals surface area contributed by atoms with Crippen LogP contribution in [0.15, 0.2) is 11.6 Å². The van der Waals surface area contributed by atoms with E-state index in [1.54, 1.807) is 27.7 Å². The molecule has 5 rings (SSSR count). The van der Waals surface area contributed by atoms with Gasteiger partial charge in [-0.15, -0.1) is 0 Å². The quantitative estimate of drug-likeness (QED) is 0.288. The van der Waals surface area contributed by atoms with Crippen molar-refractivity contribution in [2.45, 2.75) is 121 Å². The van der Waals surface area contributed by atoms with Crippen LogP contribution in [0.5, 0.6) is 0 Å². The van der Waals surface area contributed by atoms with Crippen LogP contribution in [-0.4, -0.2) is 83.6 Å². The number of fused-ring (bicyclic) bond motifs is 5. The highest BCUT2D eigenvalue weighted by atomic mass is 16.6. The van der Waals surface area contributed by atoms with Crippen LogP contribution >= 0.6 is 0 Å². The van der Waals surface area contributed by atoms with E-state index in [2.05, 4.69) is 0 Å². The molecule has 1 heterocycles. The Morgan fingerprint density at radius 3 is 2.26 bits per heavy atom. The highest BCUT2D eigenvalue weighted by Crippen LogP contribution is 2.69. The van der Waals surface area contributed by atoms with Crippen molar-refractivity contribution in [3.63, 3.8) is 0 Å². The molecule has 1 saturated heterocycles. The van der Waals surface area contributed by atoms with Crippen LogP contribution < -0.4 is 0 Å². The molecular formula is C29H44O9. The first-order valence-corrected chi connectivity index (χ1v) is 14.1. The molecule has 0 spiro atoms. The van der Waals surface area contributed by atoms with Crippen LogP contribution in [0.1, 0.15) is 79.6 Å². The molecule has 4 fully saturated rings. The number of cyclic esters (lactones) is 1. The van der Waals surface area contributed by atoms with Gasteiger partial charge in [0.2, 0.25) is 0 Å². The summed E-state index contributed by atoms with van der Waals surface area (Å²) in [6.07, 6.45) is -0.805. The predicted molar refractivity (Wildman–Crippen MR) is 135 cm³/mol. The summed E-state index contributed by atoms with van der Waals surface area (Å²) in [5.41, 5.74) is -6.26. The summed E-state index contributed by atoms with van der Waals surface area (Å²) in [4.78, 5) is 25.4. The Morgan fingerprint density at radius 1 is 1.03 bits per heavy atom. The summed E-state index contributed by atoms with van der Waals surface area (Å²) in [7, 11) is 0. The van der Waals surface area contributed by atoms with Crippen molar-refractivity contribution >= 4 is 11.8 Å². The Kier molecular flexibility index (Phi) is 6.36. The summed E-state index contributed by atoms with van der Waals surface area (Å²) in [5.74, 6) is -2.39. The van der Waals surface area contributed by atoms with Gasteiger partial charge in [-0.05, 0) is 75.9 Å². The molecule has 0 unspecified atom stereocenters. The summed E-state index contributed by atoms with van der Waals surface area (Å²) >= 11 is 0. The molecule has 6 N–H and O–H groups in total. The van der Waals surface area contributed by atoms with E-state index in [1.807, 2.05) is 6.92 Å². The molecule has 0 bridgehead atoms. The standard InChI is InChI=1S/C29H44O9/c1-14-16(15(2)38-24(14)34)10-22(32)27(5,35)21-7-9-28(36)18-11-23(33)29(37)13-20(31)19(30)12-26(29,4)17(18)6-8-25(21,28)3/h11,14-17,19-22,30-32,35-37H,6-10,12-13H2,1-5H3/t14-,15+,16-,17-,19-,20+,21-,22+,25+,26+,27+,28+,29+/m0/s1. The topological polar surface area (TPSA) is 165 Å². The van der Waals surface area contributed by atoms with Crippen molar-refractivity contribution < 1.29 is 45.0 Å². The van der Waals surface area contributed by atoms with Gasteiger partial charge >= 0.3 is 5.97 Å². The van der Waals surface area contributed by atoms with Gasteiger partial charge in [0.15, 0.2) is 5.78 Å². The van der Waals surface area contributed by atoms with Crippen molar-refractivity contribution in [3.8, 4) is 0 Å². The highest BCUT2D eigenvalue weighted by Gasteiger charge is 2.72. The zero-order valence-electron chi connectivity index (χ0n) is 23.1. The fourth-order valence-corrected chi connectivity index (χ4v) is 9.38. The summed E-state index contributed by atoms with van der Waals surface area (Å²) in [6, 6.07) is 0. The highest BCUT2D eigenvalue weighted by molar-refractivity contribution is 6.00. The Hall–Kier alpha value is -1.36. The number of rotatable bonds is 4. The third kappa shape index (κ3) is 3.45. The lowest BCUT2D eigenvalue weighted by molar-refractivity contribution is -0.211. The van der Waals surface area contributed by atoms with Crippen molar-refractivity contribution in [2.75, 3.05) is 0 Å². The second-order valence-electron chi connectivity index (χ2n) is 13.8. The van der Waals surface area contributed by atoms with E-state index in [1.165, 1.54) is 6.08 Å². The van der Waals surface area contributed by atoms with E-state index >= 15 is 0 Å². The van der Waals surface area contributed by atoms with Crippen molar-refractivity contribution in [2.24, 2.45) is 34.5 Å². The second kappa shape index (κ2) is 8.57. The molecule has 0 aromatic rings. The van der Waals surface area contributed by atoms with Crippen molar-refractivity contribution in [3.05, 3.63) is 11.6 Å². The van der Waals surface area contributed by atoms with Gasteiger partial charge in [-0.3, -0.25) is 9.59 Å². The Labute approximate surface area is 223 Å². The minimum absolute atomic E-state index is 0.0314.